The van der Waals surface area contributed by atoms with Gasteiger partial charge in [-0.3, -0.25) is 0 Å². The SMILES string of the molecule is CCN(C)/C=C(\N)SNc1cc(NC(C)(C)CO)nc(SCc2cccc(OC)c2F)n1. The minimum absolute atomic E-state index is 0.0783. The quantitative estimate of drug-likeness (QED) is 0.202. The second kappa shape index (κ2) is 12.0. The number of rotatable bonds is 12. The molecule has 2 aromatic rings. The van der Waals surface area contributed by atoms with Crippen LogP contribution in [0, 0.1) is 5.82 Å². The molecule has 0 aliphatic rings. The van der Waals surface area contributed by atoms with Crippen molar-refractivity contribution in [3.8, 4) is 5.75 Å². The molecule has 0 amide bonds. The number of aromatic nitrogens is 2. The molecule has 1 aromatic heterocycles. The monoisotopic (exact) mass is 482 g/mol. The Balaban J connectivity index is 2.23. The standard InChI is InChI=1S/C21H31FN6O2S2/c1-6-28(4)11-16(23)32-27-18-10-17(26-21(2,3)13-29)24-20(25-18)31-12-14-8-7-9-15(30-5)19(14)22/h7-11,29H,6,12-13,23H2,1-5H3,(H2,24,25,26,27)/b16-11+. The highest BCUT2D eigenvalue weighted by molar-refractivity contribution is 8.04. The first-order valence-corrected chi connectivity index (χ1v) is 11.8. The third kappa shape index (κ3) is 7.95. The summed E-state index contributed by atoms with van der Waals surface area (Å²) in [6.07, 6.45) is 1.83. The third-order valence-electron chi connectivity index (χ3n) is 4.31. The van der Waals surface area contributed by atoms with Crippen molar-refractivity contribution in [3.63, 3.8) is 0 Å². The molecule has 1 aromatic carbocycles. The minimum Gasteiger partial charge on any atom is -0.494 e. The van der Waals surface area contributed by atoms with E-state index in [1.807, 2.05) is 38.9 Å². The number of aliphatic hydroxyl groups excluding tert-OH is 1. The van der Waals surface area contributed by atoms with Gasteiger partial charge in [-0.15, -0.1) is 0 Å². The molecule has 8 nitrogen and oxygen atoms in total. The zero-order chi connectivity index (χ0) is 23.7. The number of nitrogens with one attached hydrogen (secondary N) is 2. The van der Waals surface area contributed by atoms with E-state index in [0.29, 0.717) is 33.1 Å². The molecular formula is C21H31FN6O2S2. The zero-order valence-electron chi connectivity index (χ0n) is 19.0. The molecule has 5 N–H and O–H groups in total. The molecule has 0 aliphatic heterocycles. The van der Waals surface area contributed by atoms with E-state index in [0.717, 1.165) is 6.54 Å². The van der Waals surface area contributed by atoms with E-state index in [-0.39, 0.29) is 12.4 Å². The summed E-state index contributed by atoms with van der Waals surface area (Å²) in [5.74, 6) is 1.19. The molecular weight excluding hydrogens is 451 g/mol. The minimum atomic E-state index is -0.581. The summed E-state index contributed by atoms with van der Waals surface area (Å²) in [5, 5.41) is 13.8. The summed E-state index contributed by atoms with van der Waals surface area (Å²) in [6, 6.07) is 6.76. The number of benzene rings is 1. The van der Waals surface area contributed by atoms with Crippen molar-refractivity contribution in [2.75, 3.05) is 37.3 Å². The first-order chi connectivity index (χ1) is 15.2. The van der Waals surface area contributed by atoms with Gasteiger partial charge in [0.05, 0.1) is 19.3 Å². The molecule has 176 valence electrons. The number of aliphatic hydroxyl groups is 1. The number of nitrogens with zero attached hydrogens (tertiary/aromatic N) is 3. The molecule has 0 unspecified atom stereocenters. The summed E-state index contributed by atoms with van der Waals surface area (Å²) in [4.78, 5) is 11.0. The van der Waals surface area contributed by atoms with Gasteiger partial charge in [0, 0.05) is 49.1 Å². The van der Waals surface area contributed by atoms with Gasteiger partial charge in [-0.2, -0.15) is 0 Å². The van der Waals surface area contributed by atoms with Gasteiger partial charge in [-0.05, 0) is 26.8 Å². The summed E-state index contributed by atoms with van der Waals surface area (Å²) >= 11 is 2.52. The molecule has 0 spiro atoms. The van der Waals surface area contributed by atoms with Gasteiger partial charge in [0.15, 0.2) is 16.7 Å². The van der Waals surface area contributed by atoms with Crippen LogP contribution < -0.4 is 20.5 Å². The maximum absolute atomic E-state index is 14.5. The van der Waals surface area contributed by atoms with Crippen LogP contribution in [0.1, 0.15) is 26.3 Å². The predicted molar refractivity (Wildman–Crippen MR) is 131 cm³/mol. The average Bonchev–Trinajstić information content (AvgIpc) is 2.76. The Labute approximate surface area is 197 Å². The van der Waals surface area contributed by atoms with Crippen molar-refractivity contribution < 1.29 is 14.2 Å². The van der Waals surface area contributed by atoms with Gasteiger partial charge in [0.25, 0.3) is 0 Å². The van der Waals surface area contributed by atoms with Crippen LogP contribution in [0.4, 0.5) is 16.0 Å². The highest BCUT2D eigenvalue weighted by Crippen LogP contribution is 2.29. The van der Waals surface area contributed by atoms with Crippen molar-refractivity contribution in [2.45, 2.75) is 37.2 Å². The smallest absolute Gasteiger partial charge is 0.191 e. The fourth-order valence-corrected chi connectivity index (χ4v) is 3.80. The van der Waals surface area contributed by atoms with E-state index in [1.54, 1.807) is 24.3 Å². The van der Waals surface area contributed by atoms with E-state index in [9.17, 15) is 9.50 Å². The van der Waals surface area contributed by atoms with Gasteiger partial charge in [0.1, 0.15) is 16.7 Å². The summed E-state index contributed by atoms with van der Waals surface area (Å²) in [7, 11) is 3.37. The summed E-state index contributed by atoms with van der Waals surface area (Å²) in [5.41, 5.74) is 5.96. The Kier molecular flexibility index (Phi) is 9.73. The predicted octanol–water partition coefficient (Wildman–Crippen LogP) is 3.87. The number of anilines is 2. The van der Waals surface area contributed by atoms with Crippen LogP contribution in [-0.2, 0) is 5.75 Å². The summed E-state index contributed by atoms with van der Waals surface area (Å²) < 4.78 is 22.7. The van der Waals surface area contributed by atoms with E-state index < -0.39 is 11.4 Å². The van der Waals surface area contributed by atoms with Gasteiger partial charge in [0.2, 0.25) is 0 Å². The largest absolute Gasteiger partial charge is 0.494 e. The Morgan fingerprint density at radius 3 is 2.72 bits per heavy atom. The number of thioether (sulfide) groups is 1. The molecule has 11 heteroatoms. The summed E-state index contributed by atoms with van der Waals surface area (Å²) in [6.45, 7) is 6.50. The Morgan fingerprint density at radius 1 is 1.34 bits per heavy atom. The van der Waals surface area contributed by atoms with E-state index >= 15 is 0 Å². The van der Waals surface area contributed by atoms with E-state index in [1.165, 1.54) is 30.8 Å². The van der Waals surface area contributed by atoms with Crippen LogP contribution in [0.5, 0.6) is 5.75 Å². The topological polar surface area (TPSA) is 109 Å². The first-order valence-electron chi connectivity index (χ1n) is 10.00. The van der Waals surface area contributed by atoms with Crippen LogP contribution in [0.3, 0.4) is 0 Å². The maximum atomic E-state index is 14.5. The van der Waals surface area contributed by atoms with Crippen LogP contribution in [0.15, 0.2) is 40.7 Å². The van der Waals surface area contributed by atoms with Crippen LogP contribution in [-0.4, -0.2) is 52.8 Å². The highest BCUT2D eigenvalue weighted by Gasteiger charge is 2.18. The Bertz CT molecular complexity index is 929. The number of nitrogens with two attached hydrogens (primary N) is 1. The first kappa shape index (κ1) is 25.9. The van der Waals surface area contributed by atoms with Crippen molar-refractivity contribution in [1.29, 1.82) is 0 Å². The molecule has 0 bridgehead atoms. The average molecular weight is 483 g/mol. The number of hydrogen-bond acceptors (Lipinski definition) is 10. The highest BCUT2D eigenvalue weighted by atomic mass is 32.2. The Morgan fingerprint density at radius 2 is 2.06 bits per heavy atom. The number of ether oxygens (including phenoxy) is 1. The number of halogens is 1. The van der Waals surface area contributed by atoms with Gasteiger partial charge >= 0.3 is 0 Å². The second-order valence-electron chi connectivity index (χ2n) is 7.62. The molecule has 0 fully saturated rings. The molecule has 1 heterocycles. The van der Waals surface area contributed by atoms with Gasteiger partial charge < -0.3 is 30.5 Å². The maximum Gasteiger partial charge on any atom is 0.191 e. The van der Waals surface area contributed by atoms with Crippen molar-refractivity contribution >= 4 is 35.3 Å². The van der Waals surface area contributed by atoms with E-state index in [4.69, 9.17) is 10.5 Å². The van der Waals surface area contributed by atoms with Crippen LogP contribution >= 0.6 is 23.7 Å². The van der Waals surface area contributed by atoms with Crippen molar-refractivity contribution in [2.24, 2.45) is 5.73 Å². The fourth-order valence-electron chi connectivity index (χ4n) is 2.41. The molecule has 0 radical (unpaired) electrons. The number of methoxy groups -OCH3 is 1. The van der Waals surface area contributed by atoms with Gasteiger partial charge in [-0.1, -0.05) is 23.9 Å². The molecule has 0 atom stereocenters. The van der Waals surface area contributed by atoms with E-state index in [2.05, 4.69) is 20.0 Å². The lowest BCUT2D eigenvalue weighted by Gasteiger charge is -2.24. The molecule has 0 aliphatic carbocycles. The molecule has 2 rings (SSSR count). The molecule has 32 heavy (non-hydrogen) atoms. The lowest BCUT2D eigenvalue weighted by Crippen LogP contribution is -2.35. The lowest BCUT2D eigenvalue weighted by molar-refractivity contribution is 0.234. The van der Waals surface area contributed by atoms with Crippen molar-refractivity contribution in [3.05, 3.63) is 46.9 Å². The second-order valence-corrected chi connectivity index (χ2v) is 9.44. The van der Waals surface area contributed by atoms with Gasteiger partial charge in [-0.25, -0.2) is 14.4 Å². The normalized spacial score (nSPS) is 11.9. The fraction of sp³-hybridized carbons (Fsp3) is 0.429. The molecule has 0 saturated carbocycles. The van der Waals surface area contributed by atoms with Crippen LogP contribution in [0.25, 0.3) is 0 Å². The zero-order valence-corrected chi connectivity index (χ0v) is 20.6. The Hall–Kier alpha value is -2.37. The number of hydrogen-bond donors (Lipinski definition) is 4. The van der Waals surface area contributed by atoms with Crippen LogP contribution in [0.2, 0.25) is 0 Å². The lowest BCUT2D eigenvalue weighted by atomic mass is 10.1. The molecule has 0 saturated heterocycles. The third-order valence-corrected chi connectivity index (χ3v) is 5.86. The van der Waals surface area contributed by atoms with Crippen molar-refractivity contribution in [1.82, 2.24) is 14.9 Å².